The molecule has 0 aromatic carbocycles. The van der Waals surface area contributed by atoms with Gasteiger partial charge in [0.1, 0.15) is 0 Å². The maximum Gasteiger partial charge on any atom is 0.0703 e. The zero-order chi connectivity index (χ0) is 12.9. The minimum Gasteiger partial charge on any atom is -0.378 e. The Kier molecular flexibility index (Phi) is 12.2. The van der Waals surface area contributed by atoms with Crippen molar-refractivity contribution in [3.63, 3.8) is 0 Å². The average Bonchev–Trinajstić information content (AvgIpc) is 2.31. The van der Waals surface area contributed by atoms with Crippen LogP contribution in [0.5, 0.6) is 0 Å². The second-order valence-electron chi connectivity index (χ2n) is 4.31. The molecule has 0 atom stereocenters. The number of hydrogen-bond acceptors (Lipinski definition) is 4. The van der Waals surface area contributed by atoms with Gasteiger partial charge in [0.25, 0.3) is 0 Å². The molecular weight excluding hydrogens is 216 g/mol. The normalized spacial score (nSPS) is 11.6. The Morgan fingerprint density at radius 3 is 2.29 bits per heavy atom. The number of likely N-dealkylation sites (N-methyl/N-ethyl adjacent to an activating group) is 1. The first kappa shape index (κ1) is 16.8. The summed E-state index contributed by atoms with van der Waals surface area (Å²) in [6, 6.07) is 0. The van der Waals surface area contributed by atoms with Gasteiger partial charge < -0.3 is 19.7 Å². The lowest BCUT2D eigenvalue weighted by Crippen LogP contribution is -2.33. The summed E-state index contributed by atoms with van der Waals surface area (Å²) in [5.74, 6) is 0. The molecule has 0 unspecified atom stereocenters. The molecule has 0 aliphatic carbocycles. The van der Waals surface area contributed by atoms with Crippen molar-refractivity contribution < 1.29 is 9.47 Å². The van der Waals surface area contributed by atoms with Gasteiger partial charge in [0.05, 0.1) is 25.9 Å². The van der Waals surface area contributed by atoms with Crippen molar-refractivity contribution in [2.24, 2.45) is 0 Å². The smallest absolute Gasteiger partial charge is 0.0703 e. The van der Waals surface area contributed by atoms with Crippen LogP contribution in [-0.2, 0) is 9.47 Å². The van der Waals surface area contributed by atoms with E-state index in [1.54, 1.807) is 0 Å². The number of hydrogen-bond donors (Lipinski definition) is 1. The average molecular weight is 246 g/mol. The van der Waals surface area contributed by atoms with E-state index in [2.05, 4.69) is 24.1 Å². The predicted octanol–water partition coefficient (Wildman–Crippen LogP) is 1.36. The van der Waals surface area contributed by atoms with Crippen LogP contribution < -0.4 is 5.32 Å². The topological polar surface area (TPSA) is 33.7 Å². The summed E-state index contributed by atoms with van der Waals surface area (Å²) in [6.45, 7) is 15.9. The Hall–Kier alpha value is -0.160. The maximum atomic E-state index is 5.44. The summed E-state index contributed by atoms with van der Waals surface area (Å²) < 4.78 is 10.8. The molecule has 0 saturated carbocycles. The molecule has 17 heavy (non-hydrogen) atoms. The van der Waals surface area contributed by atoms with Crippen LogP contribution in [0.1, 0.15) is 27.7 Å². The lowest BCUT2D eigenvalue weighted by atomic mass is 10.4. The van der Waals surface area contributed by atoms with Crippen molar-refractivity contribution in [1.29, 1.82) is 0 Å². The van der Waals surface area contributed by atoms with Crippen LogP contribution in [0.4, 0.5) is 0 Å². The minimum atomic E-state index is 0.297. The van der Waals surface area contributed by atoms with Crippen LogP contribution in [0.25, 0.3) is 0 Å². The zero-order valence-electron chi connectivity index (χ0n) is 12.0. The summed E-state index contributed by atoms with van der Waals surface area (Å²) in [4.78, 5) is 2.41. The SMILES string of the molecule is CCN(CC)CCNCCOCCOC(C)C. The quantitative estimate of drug-likeness (QED) is 0.527. The molecule has 0 saturated heterocycles. The standard InChI is InChI=1S/C13H30N2O2/c1-5-15(6-2)9-7-14-8-10-16-11-12-17-13(3)4/h13-14H,5-12H2,1-4H3. The second kappa shape index (κ2) is 12.3. The highest BCUT2D eigenvalue weighted by atomic mass is 16.5. The highest BCUT2D eigenvalue weighted by Crippen LogP contribution is 1.87. The van der Waals surface area contributed by atoms with Gasteiger partial charge in [-0.25, -0.2) is 0 Å². The highest BCUT2D eigenvalue weighted by molar-refractivity contribution is 4.55. The first-order chi connectivity index (χ1) is 8.20. The Labute approximate surface area is 107 Å². The molecule has 0 aliphatic heterocycles. The van der Waals surface area contributed by atoms with Crippen LogP contribution in [0.2, 0.25) is 0 Å². The fraction of sp³-hybridized carbons (Fsp3) is 1.00. The van der Waals surface area contributed by atoms with E-state index in [-0.39, 0.29) is 0 Å². The van der Waals surface area contributed by atoms with Gasteiger partial charge in [-0.05, 0) is 26.9 Å². The van der Waals surface area contributed by atoms with Crippen molar-refractivity contribution in [3.8, 4) is 0 Å². The summed E-state index contributed by atoms with van der Waals surface area (Å²) in [6.07, 6.45) is 0.297. The predicted molar refractivity (Wildman–Crippen MR) is 72.6 cm³/mol. The molecule has 104 valence electrons. The van der Waals surface area contributed by atoms with Gasteiger partial charge in [0.2, 0.25) is 0 Å². The molecular formula is C13H30N2O2. The molecule has 4 nitrogen and oxygen atoms in total. The van der Waals surface area contributed by atoms with Crippen molar-refractivity contribution >= 4 is 0 Å². The zero-order valence-corrected chi connectivity index (χ0v) is 12.0. The Balaban J connectivity index is 3.08. The van der Waals surface area contributed by atoms with Crippen LogP contribution in [0.15, 0.2) is 0 Å². The Morgan fingerprint density at radius 2 is 1.71 bits per heavy atom. The van der Waals surface area contributed by atoms with Crippen LogP contribution in [-0.4, -0.2) is 63.5 Å². The van der Waals surface area contributed by atoms with E-state index in [1.807, 2.05) is 13.8 Å². The molecule has 0 rings (SSSR count). The first-order valence-electron chi connectivity index (χ1n) is 6.83. The van der Waals surface area contributed by atoms with E-state index in [0.717, 1.165) is 39.3 Å². The molecule has 0 radical (unpaired) electrons. The van der Waals surface area contributed by atoms with Gasteiger partial charge in [-0.3, -0.25) is 0 Å². The Bertz CT molecular complexity index is 150. The number of ether oxygens (including phenoxy) is 2. The Morgan fingerprint density at radius 1 is 1.00 bits per heavy atom. The third-order valence-electron chi connectivity index (χ3n) is 2.60. The van der Waals surface area contributed by atoms with Gasteiger partial charge in [-0.1, -0.05) is 13.8 Å². The van der Waals surface area contributed by atoms with Gasteiger partial charge in [0.15, 0.2) is 0 Å². The van der Waals surface area contributed by atoms with Crippen LogP contribution in [0, 0.1) is 0 Å². The van der Waals surface area contributed by atoms with Gasteiger partial charge in [0, 0.05) is 19.6 Å². The molecule has 0 aliphatic rings. The van der Waals surface area contributed by atoms with Gasteiger partial charge in [-0.2, -0.15) is 0 Å². The van der Waals surface area contributed by atoms with E-state index in [0.29, 0.717) is 19.3 Å². The third kappa shape index (κ3) is 12.1. The van der Waals surface area contributed by atoms with Crippen molar-refractivity contribution in [1.82, 2.24) is 10.2 Å². The van der Waals surface area contributed by atoms with E-state index < -0.39 is 0 Å². The molecule has 0 aromatic rings. The first-order valence-corrected chi connectivity index (χ1v) is 6.83. The summed E-state index contributed by atoms with van der Waals surface area (Å²) in [5, 5.41) is 3.38. The molecule has 0 aromatic heterocycles. The molecule has 0 heterocycles. The van der Waals surface area contributed by atoms with Crippen LogP contribution >= 0.6 is 0 Å². The molecule has 0 spiro atoms. The summed E-state index contributed by atoms with van der Waals surface area (Å²) in [7, 11) is 0. The van der Waals surface area contributed by atoms with E-state index in [1.165, 1.54) is 0 Å². The van der Waals surface area contributed by atoms with E-state index in [4.69, 9.17) is 9.47 Å². The monoisotopic (exact) mass is 246 g/mol. The van der Waals surface area contributed by atoms with Gasteiger partial charge >= 0.3 is 0 Å². The van der Waals surface area contributed by atoms with Gasteiger partial charge in [-0.15, -0.1) is 0 Å². The van der Waals surface area contributed by atoms with Crippen molar-refractivity contribution in [2.45, 2.75) is 33.8 Å². The summed E-state index contributed by atoms with van der Waals surface area (Å²) >= 11 is 0. The molecule has 1 N–H and O–H groups in total. The van der Waals surface area contributed by atoms with Crippen LogP contribution in [0.3, 0.4) is 0 Å². The van der Waals surface area contributed by atoms with E-state index in [9.17, 15) is 0 Å². The summed E-state index contributed by atoms with van der Waals surface area (Å²) in [5.41, 5.74) is 0. The number of rotatable bonds is 12. The lowest BCUT2D eigenvalue weighted by molar-refractivity contribution is 0.0204. The van der Waals surface area contributed by atoms with Crippen molar-refractivity contribution in [2.75, 3.05) is 52.5 Å². The molecule has 0 fully saturated rings. The molecule has 0 bridgehead atoms. The fourth-order valence-corrected chi connectivity index (χ4v) is 1.49. The van der Waals surface area contributed by atoms with E-state index >= 15 is 0 Å². The lowest BCUT2D eigenvalue weighted by Gasteiger charge is -2.17. The largest absolute Gasteiger partial charge is 0.378 e. The number of nitrogens with zero attached hydrogens (tertiary/aromatic N) is 1. The third-order valence-corrected chi connectivity index (χ3v) is 2.60. The molecule has 4 heteroatoms. The highest BCUT2D eigenvalue weighted by Gasteiger charge is 1.97. The fourth-order valence-electron chi connectivity index (χ4n) is 1.49. The number of nitrogens with one attached hydrogen (secondary N) is 1. The minimum absolute atomic E-state index is 0.297. The van der Waals surface area contributed by atoms with Crippen molar-refractivity contribution in [3.05, 3.63) is 0 Å². The second-order valence-corrected chi connectivity index (χ2v) is 4.31. The molecule has 0 amide bonds. The maximum absolute atomic E-state index is 5.44.